The zero-order valence-electron chi connectivity index (χ0n) is 19.8. The van der Waals surface area contributed by atoms with Crippen LogP contribution < -0.4 is 10.2 Å². The maximum atomic E-state index is 13.5. The van der Waals surface area contributed by atoms with Crippen molar-refractivity contribution < 1.29 is 9.59 Å². The van der Waals surface area contributed by atoms with Crippen molar-refractivity contribution in [2.45, 2.75) is 59.7 Å². The molecular weight excluding hydrogens is 440 g/mol. The smallest absolute Gasteiger partial charge is 0.251 e. The second kappa shape index (κ2) is 9.70. The molecule has 0 aliphatic carbocycles. The fraction of sp³-hybridized carbons (Fsp3) is 0.375. The fourth-order valence-electron chi connectivity index (χ4n) is 3.35. The van der Waals surface area contributed by atoms with Gasteiger partial charge in [0.05, 0.1) is 0 Å². The van der Waals surface area contributed by atoms with E-state index in [2.05, 4.69) is 20.7 Å². The minimum atomic E-state index is -0.739. The highest BCUT2D eigenvalue weighted by Gasteiger charge is 2.31. The SMILES string of the molecule is Cc1ccc(C)c(N(C(=O)Cn2nnc(-c3ccc(Cl)cc3)n2)[C@H](C)C(=O)NC(C)(C)C)c1. The molecule has 1 heterocycles. The van der Waals surface area contributed by atoms with Gasteiger partial charge in [0, 0.05) is 21.8 Å². The Kier molecular flexibility index (Phi) is 7.17. The molecule has 2 amide bonds. The van der Waals surface area contributed by atoms with E-state index in [1.807, 2.05) is 52.8 Å². The van der Waals surface area contributed by atoms with Gasteiger partial charge in [-0.1, -0.05) is 23.7 Å². The van der Waals surface area contributed by atoms with Gasteiger partial charge in [0.25, 0.3) is 5.91 Å². The molecule has 2 aromatic carbocycles. The molecule has 1 atom stereocenters. The first-order valence-electron chi connectivity index (χ1n) is 10.7. The zero-order chi connectivity index (χ0) is 24.3. The largest absolute Gasteiger partial charge is 0.350 e. The number of nitrogens with one attached hydrogen (secondary N) is 1. The molecule has 0 radical (unpaired) electrons. The molecule has 33 heavy (non-hydrogen) atoms. The van der Waals surface area contributed by atoms with Gasteiger partial charge in [-0.25, -0.2) is 0 Å². The lowest BCUT2D eigenvalue weighted by molar-refractivity contribution is -0.127. The number of carbonyl (C=O) groups is 2. The van der Waals surface area contributed by atoms with Crippen molar-refractivity contribution in [1.82, 2.24) is 25.5 Å². The molecule has 1 aromatic heterocycles. The summed E-state index contributed by atoms with van der Waals surface area (Å²) in [7, 11) is 0. The molecule has 174 valence electrons. The van der Waals surface area contributed by atoms with Crippen molar-refractivity contribution in [2.75, 3.05) is 4.90 Å². The van der Waals surface area contributed by atoms with E-state index in [0.717, 1.165) is 16.7 Å². The normalized spacial score (nSPS) is 12.3. The van der Waals surface area contributed by atoms with Gasteiger partial charge >= 0.3 is 0 Å². The molecule has 3 aromatic rings. The Hall–Kier alpha value is -3.26. The summed E-state index contributed by atoms with van der Waals surface area (Å²) in [6.07, 6.45) is 0. The van der Waals surface area contributed by atoms with Gasteiger partial charge in [0.1, 0.15) is 12.6 Å². The number of aromatic nitrogens is 4. The van der Waals surface area contributed by atoms with Crippen molar-refractivity contribution in [1.29, 1.82) is 0 Å². The van der Waals surface area contributed by atoms with Crippen LogP contribution in [0, 0.1) is 13.8 Å². The number of amides is 2. The number of hydrogen-bond acceptors (Lipinski definition) is 5. The van der Waals surface area contributed by atoms with Crippen LogP contribution in [0.15, 0.2) is 42.5 Å². The van der Waals surface area contributed by atoms with Crippen LogP contribution in [0.5, 0.6) is 0 Å². The Morgan fingerprint density at radius 2 is 1.79 bits per heavy atom. The van der Waals surface area contributed by atoms with Crippen LogP contribution >= 0.6 is 11.6 Å². The van der Waals surface area contributed by atoms with Gasteiger partial charge in [-0.2, -0.15) is 4.80 Å². The van der Waals surface area contributed by atoms with Crippen LogP contribution in [0.25, 0.3) is 11.4 Å². The predicted octanol–water partition coefficient (Wildman–Crippen LogP) is 3.95. The van der Waals surface area contributed by atoms with E-state index in [-0.39, 0.29) is 18.4 Å². The van der Waals surface area contributed by atoms with Crippen LogP contribution in [-0.2, 0) is 16.1 Å². The number of aryl methyl sites for hydroxylation is 2. The Labute approximate surface area is 198 Å². The zero-order valence-corrected chi connectivity index (χ0v) is 20.5. The highest BCUT2D eigenvalue weighted by Crippen LogP contribution is 2.25. The molecule has 0 aliphatic rings. The third kappa shape index (κ3) is 6.16. The number of halogens is 1. The van der Waals surface area contributed by atoms with Gasteiger partial charge in [0.15, 0.2) is 0 Å². The fourth-order valence-corrected chi connectivity index (χ4v) is 3.48. The van der Waals surface area contributed by atoms with Crippen molar-refractivity contribution in [3.63, 3.8) is 0 Å². The molecule has 0 fully saturated rings. The topological polar surface area (TPSA) is 93.0 Å². The summed E-state index contributed by atoms with van der Waals surface area (Å²) in [4.78, 5) is 29.2. The average Bonchev–Trinajstić information content (AvgIpc) is 3.18. The number of tetrazole rings is 1. The second-order valence-corrected chi connectivity index (χ2v) is 9.56. The lowest BCUT2D eigenvalue weighted by Gasteiger charge is -2.32. The summed E-state index contributed by atoms with van der Waals surface area (Å²) in [5.74, 6) is -0.179. The third-order valence-electron chi connectivity index (χ3n) is 4.99. The monoisotopic (exact) mass is 468 g/mol. The minimum Gasteiger partial charge on any atom is -0.350 e. The molecule has 0 aliphatic heterocycles. The summed E-state index contributed by atoms with van der Waals surface area (Å²) in [5.41, 5.74) is 2.86. The molecule has 3 rings (SSSR count). The number of nitrogens with zero attached hydrogens (tertiary/aromatic N) is 5. The number of hydrogen-bond donors (Lipinski definition) is 1. The lowest BCUT2D eigenvalue weighted by atomic mass is 10.1. The van der Waals surface area contributed by atoms with Gasteiger partial charge < -0.3 is 5.32 Å². The average molecular weight is 469 g/mol. The van der Waals surface area contributed by atoms with E-state index >= 15 is 0 Å². The highest BCUT2D eigenvalue weighted by molar-refractivity contribution is 6.30. The quantitative estimate of drug-likeness (QED) is 0.591. The molecule has 1 N–H and O–H groups in total. The molecule has 0 bridgehead atoms. The van der Waals surface area contributed by atoms with Gasteiger partial charge in [0.2, 0.25) is 11.7 Å². The van der Waals surface area contributed by atoms with Crippen molar-refractivity contribution in [2.24, 2.45) is 0 Å². The maximum absolute atomic E-state index is 13.5. The van der Waals surface area contributed by atoms with Gasteiger partial charge in [-0.05, 0) is 88.2 Å². The van der Waals surface area contributed by atoms with E-state index in [9.17, 15) is 9.59 Å². The molecule has 9 heteroatoms. The van der Waals surface area contributed by atoms with Gasteiger partial charge in [-0.3, -0.25) is 14.5 Å². The Bertz CT molecular complexity index is 1150. The molecule has 8 nitrogen and oxygen atoms in total. The first-order valence-corrected chi connectivity index (χ1v) is 11.1. The highest BCUT2D eigenvalue weighted by atomic mass is 35.5. The van der Waals surface area contributed by atoms with Crippen LogP contribution in [0.2, 0.25) is 5.02 Å². The maximum Gasteiger partial charge on any atom is 0.251 e. The van der Waals surface area contributed by atoms with Gasteiger partial charge in [-0.15, -0.1) is 10.2 Å². The van der Waals surface area contributed by atoms with Crippen molar-refractivity contribution in [3.05, 3.63) is 58.6 Å². The van der Waals surface area contributed by atoms with Crippen molar-refractivity contribution in [3.8, 4) is 11.4 Å². The van der Waals surface area contributed by atoms with E-state index < -0.39 is 11.6 Å². The lowest BCUT2D eigenvalue weighted by Crippen LogP contribution is -2.53. The standard InChI is InChI=1S/C24H29ClN6O2/c1-15-7-8-16(2)20(13-15)31(17(3)23(33)26-24(4,5)6)21(32)14-30-28-22(27-29-30)18-9-11-19(25)12-10-18/h7-13,17H,14H2,1-6H3,(H,26,33)/t17-/m1/s1. The molecule has 0 saturated carbocycles. The Morgan fingerprint density at radius 1 is 1.12 bits per heavy atom. The second-order valence-electron chi connectivity index (χ2n) is 9.12. The molecule has 0 spiro atoms. The molecule has 0 unspecified atom stereocenters. The summed E-state index contributed by atoms with van der Waals surface area (Å²) < 4.78 is 0. The first kappa shape index (κ1) is 24.4. The van der Waals surface area contributed by atoms with Crippen LogP contribution in [0.1, 0.15) is 38.8 Å². The summed E-state index contributed by atoms with van der Waals surface area (Å²) in [5, 5.41) is 16.0. The van der Waals surface area contributed by atoms with E-state index in [0.29, 0.717) is 16.5 Å². The Balaban J connectivity index is 1.90. The Morgan fingerprint density at radius 3 is 2.42 bits per heavy atom. The third-order valence-corrected chi connectivity index (χ3v) is 5.24. The molecule has 0 saturated heterocycles. The first-order chi connectivity index (χ1) is 15.4. The van der Waals surface area contributed by atoms with E-state index in [4.69, 9.17) is 11.6 Å². The summed E-state index contributed by atoms with van der Waals surface area (Å²) in [6.45, 7) is 11.1. The summed E-state index contributed by atoms with van der Waals surface area (Å²) >= 11 is 5.94. The number of carbonyl (C=O) groups excluding carboxylic acids is 2. The number of anilines is 1. The van der Waals surface area contributed by atoms with Crippen LogP contribution in [0.3, 0.4) is 0 Å². The summed E-state index contributed by atoms with van der Waals surface area (Å²) in [6, 6.07) is 12.1. The predicted molar refractivity (Wildman–Crippen MR) is 129 cm³/mol. The van der Waals surface area contributed by atoms with E-state index in [1.54, 1.807) is 31.2 Å². The van der Waals surface area contributed by atoms with E-state index in [1.165, 1.54) is 9.70 Å². The van der Waals surface area contributed by atoms with Crippen LogP contribution in [0.4, 0.5) is 5.69 Å². The van der Waals surface area contributed by atoms with Crippen LogP contribution in [-0.4, -0.2) is 43.6 Å². The molecular formula is C24H29ClN6O2. The minimum absolute atomic E-state index is 0.166. The van der Waals surface area contributed by atoms with Crippen molar-refractivity contribution >= 4 is 29.1 Å². The number of benzene rings is 2. The number of rotatable bonds is 6.